The standard InChI is InChI=1S/C13H11BrClNO/c14-10-2-1-3-11(7-10)17-8-9-4-5-13(16)12(15)6-9/h1-7H,8,16H2. The smallest absolute Gasteiger partial charge is 0.120 e. The van der Waals surface area contributed by atoms with Gasteiger partial charge in [-0.2, -0.15) is 0 Å². The van der Waals surface area contributed by atoms with Crippen LogP contribution in [0.5, 0.6) is 5.75 Å². The van der Waals surface area contributed by atoms with E-state index in [1.54, 1.807) is 6.07 Å². The number of hydrogen-bond acceptors (Lipinski definition) is 2. The summed E-state index contributed by atoms with van der Waals surface area (Å²) in [5.41, 5.74) is 7.21. The van der Waals surface area contributed by atoms with E-state index in [9.17, 15) is 0 Å². The Kier molecular flexibility index (Phi) is 3.92. The Balaban J connectivity index is 2.05. The number of ether oxygens (including phenoxy) is 1. The number of benzene rings is 2. The summed E-state index contributed by atoms with van der Waals surface area (Å²) in [6, 6.07) is 13.2. The number of hydrogen-bond donors (Lipinski definition) is 1. The number of rotatable bonds is 3. The second-order valence-corrected chi connectivity index (χ2v) is 4.92. The minimum atomic E-state index is 0.469. The summed E-state index contributed by atoms with van der Waals surface area (Å²) in [5, 5.41) is 0.556. The van der Waals surface area contributed by atoms with Crippen LogP contribution in [0, 0.1) is 0 Å². The fraction of sp³-hybridized carbons (Fsp3) is 0.0769. The van der Waals surface area contributed by atoms with E-state index in [0.717, 1.165) is 15.8 Å². The molecule has 0 radical (unpaired) electrons. The zero-order valence-corrected chi connectivity index (χ0v) is 11.3. The molecule has 88 valence electrons. The maximum absolute atomic E-state index is 5.93. The summed E-state index contributed by atoms with van der Waals surface area (Å²) in [5.74, 6) is 0.812. The molecule has 0 aliphatic carbocycles. The third-order valence-corrected chi connectivity index (χ3v) is 3.09. The summed E-state index contributed by atoms with van der Waals surface area (Å²) in [4.78, 5) is 0. The van der Waals surface area contributed by atoms with E-state index < -0.39 is 0 Å². The third-order valence-electron chi connectivity index (χ3n) is 2.27. The molecular weight excluding hydrogens is 302 g/mol. The number of nitrogen functional groups attached to an aromatic ring is 1. The molecule has 0 unspecified atom stereocenters. The van der Waals surface area contributed by atoms with Crippen LogP contribution in [-0.4, -0.2) is 0 Å². The fourth-order valence-corrected chi connectivity index (χ4v) is 1.97. The van der Waals surface area contributed by atoms with Gasteiger partial charge in [-0.25, -0.2) is 0 Å². The molecule has 17 heavy (non-hydrogen) atoms. The van der Waals surface area contributed by atoms with Crippen LogP contribution in [0.15, 0.2) is 46.9 Å². The van der Waals surface area contributed by atoms with Crippen molar-refractivity contribution in [3.63, 3.8) is 0 Å². The molecule has 0 aromatic heterocycles. The minimum Gasteiger partial charge on any atom is -0.489 e. The second-order valence-electron chi connectivity index (χ2n) is 3.60. The van der Waals surface area contributed by atoms with Gasteiger partial charge in [-0.3, -0.25) is 0 Å². The van der Waals surface area contributed by atoms with Gasteiger partial charge in [0, 0.05) is 4.47 Å². The molecule has 0 saturated carbocycles. The van der Waals surface area contributed by atoms with Crippen molar-refractivity contribution in [3.05, 3.63) is 57.5 Å². The van der Waals surface area contributed by atoms with Crippen LogP contribution in [0.3, 0.4) is 0 Å². The lowest BCUT2D eigenvalue weighted by atomic mass is 10.2. The monoisotopic (exact) mass is 311 g/mol. The number of anilines is 1. The van der Waals surface area contributed by atoms with E-state index in [1.807, 2.05) is 36.4 Å². The molecule has 0 bridgehead atoms. The van der Waals surface area contributed by atoms with Crippen LogP contribution in [0.4, 0.5) is 5.69 Å². The zero-order chi connectivity index (χ0) is 12.3. The van der Waals surface area contributed by atoms with E-state index in [0.29, 0.717) is 17.3 Å². The van der Waals surface area contributed by atoms with Crippen molar-refractivity contribution in [3.8, 4) is 5.75 Å². The van der Waals surface area contributed by atoms with E-state index >= 15 is 0 Å². The van der Waals surface area contributed by atoms with Crippen molar-refractivity contribution in [2.24, 2.45) is 0 Å². The summed E-state index contributed by atoms with van der Waals surface area (Å²) >= 11 is 9.32. The molecule has 0 aliphatic rings. The first-order chi connectivity index (χ1) is 8.15. The Morgan fingerprint density at radius 1 is 1.18 bits per heavy atom. The van der Waals surface area contributed by atoms with Crippen LogP contribution in [0.1, 0.15) is 5.56 Å². The molecule has 0 aliphatic heterocycles. The normalized spacial score (nSPS) is 10.2. The van der Waals surface area contributed by atoms with Crippen molar-refractivity contribution >= 4 is 33.2 Å². The molecule has 2 nitrogen and oxygen atoms in total. The lowest BCUT2D eigenvalue weighted by molar-refractivity contribution is 0.306. The molecule has 2 aromatic carbocycles. The van der Waals surface area contributed by atoms with Gasteiger partial charge >= 0.3 is 0 Å². The van der Waals surface area contributed by atoms with Gasteiger partial charge < -0.3 is 10.5 Å². The summed E-state index contributed by atoms with van der Waals surface area (Å²) < 4.78 is 6.63. The maximum atomic E-state index is 5.93. The predicted octanol–water partition coefficient (Wildman–Crippen LogP) is 4.26. The van der Waals surface area contributed by atoms with Crippen LogP contribution >= 0.6 is 27.5 Å². The summed E-state index contributed by atoms with van der Waals surface area (Å²) in [6.07, 6.45) is 0. The first-order valence-corrected chi connectivity index (χ1v) is 6.24. The fourth-order valence-electron chi connectivity index (χ4n) is 1.38. The first-order valence-electron chi connectivity index (χ1n) is 5.07. The molecular formula is C13H11BrClNO. The Bertz CT molecular complexity index is 531. The highest BCUT2D eigenvalue weighted by molar-refractivity contribution is 9.10. The van der Waals surface area contributed by atoms with Gasteiger partial charge in [-0.05, 0) is 35.9 Å². The quantitative estimate of drug-likeness (QED) is 0.859. The van der Waals surface area contributed by atoms with Crippen LogP contribution in [0.25, 0.3) is 0 Å². The van der Waals surface area contributed by atoms with E-state index in [2.05, 4.69) is 15.9 Å². The summed E-state index contributed by atoms with van der Waals surface area (Å²) in [6.45, 7) is 0.469. The highest BCUT2D eigenvalue weighted by Gasteiger charge is 2.00. The Hall–Kier alpha value is -1.19. The molecule has 0 atom stereocenters. The third kappa shape index (κ3) is 3.38. The van der Waals surface area contributed by atoms with Crippen molar-refractivity contribution in [2.45, 2.75) is 6.61 Å². The molecule has 2 aromatic rings. The lowest BCUT2D eigenvalue weighted by Gasteiger charge is -2.07. The largest absolute Gasteiger partial charge is 0.489 e. The molecule has 0 saturated heterocycles. The van der Waals surface area contributed by atoms with Gasteiger partial charge in [0.2, 0.25) is 0 Å². The lowest BCUT2D eigenvalue weighted by Crippen LogP contribution is -1.96. The molecule has 0 spiro atoms. The predicted molar refractivity (Wildman–Crippen MR) is 74.3 cm³/mol. The van der Waals surface area contributed by atoms with Crippen LogP contribution in [-0.2, 0) is 6.61 Å². The summed E-state index contributed by atoms with van der Waals surface area (Å²) in [7, 11) is 0. The SMILES string of the molecule is Nc1ccc(COc2cccc(Br)c2)cc1Cl. The van der Waals surface area contributed by atoms with Crippen molar-refractivity contribution < 1.29 is 4.74 Å². The molecule has 4 heteroatoms. The molecule has 0 amide bonds. The van der Waals surface area contributed by atoms with Gasteiger partial charge in [0.25, 0.3) is 0 Å². The number of halogens is 2. The van der Waals surface area contributed by atoms with Gasteiger partial charge in [-0.1, -0.05) is 39.7 Å². The van der Waals surface area contributed by atoms with Crippen molar-refractivity contribution in [1.29, 1.82) is 0 Å². The zero-order valence-electron chi connectivity index (χ0n) is 8.99. The van der Waals surface area contributed by atoms with Crippen molar-refractivity contribution in [2.75, 3.05) is 5.73 Å². The average Bonchev–Trinajstić information content (AvgIpc) is 2.31. The van der Waals surface area contributed by atoms with Crippen LogP contribution in [0.2, 0.25) is 5.02 Å². The first kappa shape index (κ1) is 12.3. The Morgan fingerprint density at radius 3 is 2.71 bits per heavy atom. The molecule has 0 fully saturated rings. The topological polar surface area (TPSA) is 35.2 Å². The maximum Gasteiger partial charge on any atom is 0.120 e. The minimum absolute atomic E-state index is 0.469. The van der Waals surface area contributed by atoms with Gasteiger partial charge in [0.1, 0.15) is 12.4 Å². The number of nitrogens with two attached hydrogens (primary N) is 1. The Labute approximate surface area is 113 Å². The average molecular weight is 313 g/mol. The van der Waals surface area contributed by atoms with E-state index in [-0.39, 0.29) is 0 Å². The van der Waals surface area contributed by atoms with Crippen LogP contribution < -0.4 is 10.5 Å². The molecule has 2 rings (SSSR count). The van der Waals surface area contributed by atoms with E-state index in [1.165, 1.54) is 0 Å². The van der Waals surface area contributed by atoms with Gasteiger partial charge in [-0.15, -0.1) is 0 Å². The van der Waals surface area contributed by atoms with Crippen molar-refractivity contribution in [1.82, 2.24) is 0 Å². The van der Waals surface area contributed by atoms with Gasteiger partial charge in [0.15, 0.2) is 0 Å². The van der Waals surface area contributed by atoms with Gasteiger partial charge in [0.05, 0.1) is 10.7 Å². The highest BCUT2D eigenvalue weighted by atomic mass is 79.9. The van der Waals surface area contributed by atoms with E-state index in [4.69, 9.17) is 22.1 Å². The molecule has 0 heterocycles. The molecule has 2 N–H and O–H groups in total. The Morgan fingerprint density at radius 2 is 2.00 bits per heavy atom. The second kappa shape index (κ2) is 5.43. The highest BCUT2D eigenvalue weighted by Crippen LogP contribution is 2.22.